The first kappa shape index (κ1) is 18.7. The molecule has 0 radical (unpaired) electrons. The number of carbonyl (C=O) groups excluding carboxylic acids is 1. The Bertz CT molecular complexity index is 459. The van der Waals surface area contributed by atoms with Crippen molar-refractivity contribution in [3.05, 3.63) is 24.3 Å². The van der Waals surface area contributed by atoms with Crippen LogP contribution in [0.5, 0.6) is 11.5 Å². The molecule has 1 aromatic carbocycles. The molecular formula is C17H27NO3S. The van der Waals surface area contributed by atoms with Crippen molar-refractivity contribution in [1.29, 1.82) is 0 Å². The van der Waals surface area contributed by atoms with Crippen molar-refractivity contribution in [3.8, 4) is 11.5 Å². The van der Waals surface area contributed by atoms with Gasteiger partial charge in [-0.3, -0.25) is 4.79 Å². The van der Waals surface area contributed by atoms with Gasteiger partial charge in [-0.05, 0) is 51.5 Å². The lowest BCUT2D eigenvalue weighted by molar-refractivity contribution is -0.121. The number of rotatable bonds is 9. The van der Waals surface area contributed by atoms with Gasteiger partial charge in [-0.1, -0.05) is 6.92 Å². The molecule has 0 aliphatic rings. The SMILES string of the molecule is CCC(C)(C)NC(=O)C(C)SCCOc1ccc(OC)cc1. The Morgan fingerprint density at radius 3 is 2.41 bits per heavy atom. The summed E-state index contributed by atoms with van der Waals surface area (Å²) in [7, 11) is 1.64. The van der Waals surface area contributed by atoms with E-state index in [1.807, 2.05) is 45.0 Å². The van der Waals surface area contributed by atoms with Gasteiger partial charge in [0.15, 0.2) is 0 Å². The van der Waals surface area contributed by atoms with Crippen LogP contribution in [-0.2, 0) is 4.79 Å². The number of amides is 1. The highest BCUT2D eigenvalue weighted by atomic mass is 32.2. The van der Waals surface area contributed by atoms with Crippen LogP contribution in [0.4, 0.5) is 0 Å². The van der Waals surface area contributed by atoms with Gasteiger partial charge in [0.05, 0.1) is 19.0 Å². The van der Waals surface area contributed by atoms with E-state index in [0.717, 1.165) is 23.7 Å². The van der Waals surface area contributed by atoms with Crippen LogP contribution in [0, 0.1) is 0 Å². The van der Waals surface area contributed by atoms with Gasteiger partial charge in [0.2, 0.25) is 5.91 Å². The molecule has 0 aromatic heterocycles. The number of hydrogen-bond donors (Lipinski definition) is 1. The van der Waals surface area contributed by atoms with Gasteiger partial charge >= 0.3 is 0 Å². The third-order valence-corrected chi connectivity index (χ3v) is 4.61. The van der Waals surface area contributed by atoms with Gasteiger partial charge < -0.3 is 14.8 Å². The highest BCUT2D eigenvalue weighted by Gasteiger charge is 2.21. The minimum absolute atomic E-state index is 0.0784. The summed E-state index contributed by atoms with van der Waals surface area (Å²) in [4.78, 5) is 12.1. The number of hydrogen-bond acceptors (Lipinski definition) is 4. The Kier molecular flexibility index (Phi) is 7.59. The summed E-state index contributed by atoms with van der Waals surface area (Å²) in [5, 5.41) is 2.98. The van der Waals surface area contributed by atoms with Crippen molar-refractivity contribution in [2.24, 2.45) is 0 Å². The first-order valence-corrected chi connectivity index (χ1v) is 8.63. The van der Waals surface area contributed by atoms with Crippen molar-refractivity contribution < 1.29 is 14.3 Å². The molecule has 0 bridgehead atoms. The number of ether oxygens (including phenoxy) is 2. The van der Waals surface area contributed by atoms with E-state index in [1.165, 1.54) is 0 Å². The topological polar surface area (TPSA) is 47.6 Å². The fourth-order valence-electron chi connectivity index (χ4n) is 1.66. The quantitative estimate of drug-likeness (QED) is 0.706. The summed E-state index contributed by atoms with van der Waals surface area (Å²) in [6.07, 6.45) is 0.913. The van der Waals surface area contributed by atoms with Crippen molar-refractivity contribution in [3.63, 3.8) is 0 Å². The summed E-state index contributed by atoms with van der Waals surface area (Å²) in [5.74, 6) is 2.48. The first-order chi connectivity index (χ1) is 10.4. The molecule has 4 nitrogen and oxygen atoms in total. The molecule has 0 saturated heterocycles. The second-order valence-corrected chi connectivity index (χ2v) is 7.21. The fraction of sp³-hybridized carbons (Fsp3) is 0.588. The summed E-state index contributed by atoms with van der Waals surface area (Å²) < 4.78 is 10.7. The maximum Gasteiger partial charge on any atom is 0.233 e. The standard InChI is InChI=1S/C17H27NO3S/c1-6-17(3,4)18-16(19)13(2)22-12-11-21-15-9-7-14(20-5)8-10-15/h7-10,13H,6,11-12H2,1-5H3,(H,18,19). The van der Waals surface area contributed by atoms with Crippen LogP contribution in [-0.4, -0.2) is 36.2 Å². The van der Waals surface area contributed by atoms with Crippen LogP contribution in [0.2, 0.25) is 0 Å². The molecule has 22 heavy (non-hydrogen) atoms. The smallest absolute Gasteiger partial charge is 0.233 e. The van der Waals surface area contributed by atoms with E-state index >= 15 is 0 Å². The predicted octanol–water partition coefficient (Wildman–Crippen LogP) is 3.50. The Labute approximate surface area is 138 Å². The van der Waals surface area contributed by atoms with E-state index in [1.54, 1.807) is 18.9 Å². The molecule has 0 saturated carbocycles. The molecule has 5 heteroatoms. The summed E-state index contributed by atoms with van der Waals surface area (Å²) in [5.41, 5.74) is -0.147. The van der Waals surface area contributed by atoms with Crippen molar-refractivity contribution in [1.82, 2.24) is 5.32 Å². The lowest BCUT2D eigenvalue weighted by Crippen LogP contribution is -2.46. The highest BCUT2D eigenvalue weighted by molar-refractivity contribution is 8.00. The molecule has 1 amide bonds. The maximum atomic E-state index is 12.1. The van der Waals surface area contributed by atoms with E-state index < -0.39 is 0 Å². The van der Waals surface area contributed by atoms with Gasteiger partial charge in [-0.2, -0.15) is 0 Å². The Balaban J connectivity index is 2.26. The minimum atomic E-state index is -0.147. The Hall–Kier alpha value is -1.36. The number of nitrogens with one attached hydrogen (secondary N) is 1. The summed E-state index contributed by atoms with van der Waals surface area (Å²) in [6.45, 7) is 8.65. The largest absolute Gasteiger partial charge is 0.497 e. The molecule has 1 unspecified atom stereocenters. The Morgan fingerprint density at radius 2 is 1.86 bits per heavy atom. The van der Waals surface area contributed by atoms with Crippen molar-refractivity contribution in [2.45, 2.75) is 44.9 Å². The summed E-state index contributed by atoms with van der Waals surface area (Å²) >= 11 is 1.60. The molecule has 0 aliphatic carbocycles. The van der Waals surface area contributed by atoms with Gasteiger partial charge in [0.25, 0.3) is 0 Å². The number of thioether (sulfide) groups is 1. The first-order valence-electron chi connectivity index (χ1n) is 7.58. The molecule has 1 N–H and O–H groups in total. The number of benzene rings is 1. The Morgan fingerprint density at radius 1 is 1.27 bits per heavy atom. The highest BCUT2D eigenvalue weighted by Crippen LogP contribution is 2.18. The maximum absolute atomic E-state index is 12.1. The third kappa shape index (κ3) is 6.60. The van der Waals surface area contributed by atoms with E-state index in [2.05, 4.69) is 12.2 Å². The average Bonchev–Trinajstić information content (AvgIpc) is 2.51. The van der Waals surface area contributed by atoms with Crippen LogP contribution in [0.15, 0.2) is 24.3 Å². The zero-order valence-electron chi connectivity index (χ0n) is 14.1. The molecule has 0 spiro atoms. The molecule has 124 valence electrons. The molecule has 1 atom stereocenters. The second-order valence-electron chi connectivity index (χ2n) is 5.76. The van der Waals surface area contributed by atoms with Crippen LogP contribution >= 0.6 is 11.8 Å². The normalized spacial score (nSPS) is 12.6. The van der Waals surface area contributed by atoms with Crippen LogP contribution in [0.25, 0.3) is 0 Å². The van der Waals surface area contributed by atoms with Crippen molar-refractivity contribution >= 4 is 17.7 Å². The second kappa shape index (κ2) is 8.93. The molecule has 1 aromatic rings. The van der Waals surface area contributed by atoms with Gasteiger partial charge in [-0.25, -0.2) is 0 Å². The van der Waals surface area contributed by atoms with E-state index in [9.17, 15) is 4.79 Å². The molecule has 1 rings (SSSR count). The summed E-state index contributed by atoms with van der Waals surface area (Å²) in [6, 6.07) is 7.49. The van der Waals surface area contributed by atoms with Gasteiger partial charge in [0, 0.05) is 11.3 Å². The molecular weight excluding hydrogens is 298 g/mol. The zero-order chi connectivity index (χ0) is 16.6. The number of carbonyl (C=O) groups is 1. The van der Waals surface area contributed by atoms with Crippen LogP contribution in [0.1, 0.15) is 34.1 Å². The molecule has 0 aliphatic heterocycles. The predicted molar refractivity (Wildman–Crippen MR) is 92.9 cm³/mol. The average molecular weight is 325 g/mol. The van der Waals surface area contributed by atoms with E-state index in [-0.39, 0.29) is 16.7 Å². The van der Waals surface area contributed by atoms with E-state index in [4.69, 9.17) is 9.47 Å². The van der Waals surface area contributed by atoms with E-state index in [0.29, 0.717) is 6.61 Å². The molecule has 0 fully saturated rings. The van der Waals surface area contributed by atoms with Crippen LogP contribution < -0.4 is 14.8 Å². The lowest BCUT2D eigenvalue weighted by Gasteiger charge is -2.26. The minimum Gasteiger partial charge on any atom is -0.497 e. The van der Waals surface area contributed by atoms with Crippen LogP contribution in [0.3, 0.4) is 0 Å². The van der Waals surface area contributed by atoms with Crippen molar-refractivity contribution in [2.75, 3.05) is 19.5 Å². The monoisotopic (exact) mass is 325 g/mol. The fourth-order valence-corrected chi connectivity index (χ4v) is 2.40. The van der Waals surface area contributed by atoms with Gasteiger partial charge in [-0.15, -0.1) is 11.8 Å². The molecule has 0 heterocycles. The zero-order valence-corrected chi connectivity index (χ0v) is 15.0. The third-order valence-electron chi connectivity index (χ3n) is 3.49. The number of methoxy groups -OCH3 is 1. The lowest BCUT2D eigenvalue weighted by atomic mass is 10.0. The van der Waals surface area contributed by atoms with Gasteiger partial charge in [0.1, 0.15) is 11.5 Å².